The van der Waals surface area contributed by atoms with Crippen LogP contribution in [-0.2, 0) is 0 Å². The van der Waals surface area contributed by atoms with E-state index in [9.17, 15) is 0 Å². The Labute approximate surface area is 647 Å². The predicted octanol–water partition coefficient (Wildman–Crippen LogP) is 26.9. The molecule has 16 aromatic carbocycles. The van der Waals surface area contributed by atoms with Gasteiger partial charge in [0, 0.05) is 108 Å². The molecule has 6 heterocycles. The molecular weight excluding hydrogens is 1390 g/mol. The Hall–Kier alpha value is -14.8. The lowest BCUT2D eigenvalue weighted by Gasteiger charge is -2.19. The van der Waals surface area contributed by atoms with Crippen molar-refractivity contribution in [2.45, 2.75) is 0 Å². The number of aromatic nitrogens is 8. The van der Waals surface area contributed by atoms with Crippen LogP contribution in [0.25, 0.3) is 221 Å². The molecule has 112 heavy (non-hydrogen) atoms. The van der Waals surface area contributed by atoms with Crippen LogP contribution in [0.3, 0.4) is 0 Å². The van der Waals surface area contributed by atoms with Gasteiger partial charge in [0.05, 0.1) is 33.4 Å². The molecular formula is C102H62N8OS. The molecule has 0 N–H and O–H groups in total. The number of nitrogens with zero attached hydrogens (tertiary/aromatic N) is 8. The van der Waals surface area contributed by atoms with Crippen LogP contribution in [0.4, 0.5) is 0 Å². The molecule has 0 aliphatic rings. The maximum absolute atomic E-state index is 6.78. The van der Waals surface area contributed by atoms with Gasteiger partial charge in [0.25, 0.3) is 0 Å². The molecule has 0 bridgehead atoms. The van der Waals surface area contributed by atoms with Crippen molar-refractivity contribution in [1.82, 2.24) is 39.0 Å². The summed E-state index contributed by atoms with van der Waals surface area (Å²) >= 11 is 1.85. The smallest absolute Gasteiger partial charge is 0.166 e. The quantitative estimate of drug-likeness (QED) is 0.113. The first kappa shape index (κ1) is 64.3. The van der Waals surface area contributed by atoms with E-state index in [2.05, 4.69) is 325 Å². The van der Waals surface area contributed by atoms with Crippen LogP contribution in [0.1, 0.15) is 0 Å². The van der Waals surface area contributed by atoms with Gasteiger partial charge in [-0.2, -0.15) is 0 Å². The highest BCUT2D eigenvalue weighted by atomic mass is 32.1. The van der Waals surface area contributed by atoms with Crippen LogP contribution < -0.4 is 0 Å². The van der Waals surface area contributed by atoms with E-state index in [0.717, 1.165) is 160 Å². The molecule has 9 nitrogen and oxygen atoms in total. The number of hydrogen-bond donors (Lipinski definition) is 0. The molecule has 22 aromatic rings. The highest BCUT2D eigenvalue weighted by Gasteiger charge is 2.28. The summed E-state index contributed by atoms with van der Waals surface area (Å²) in [6.45, 7) is 0. The van der Waals surface area contributed by atoms with Gasteiger partial charge in [-0.15, -0.1) is 11.3 Å². The van der Waals surface area contributed by atoms with Crippen LogP contribution in [0.5, 0.6) is 0 Å². The van der Waals surface area contributed by atoms with Gasteiger partial charge >= 0.3 is 0 Å². The molecule has 6 aromatic heterocycles. The minimum absolute atomic E-state index is 0.532. The van der Waals surface area contributed by atoms with Crippen molar-refractivity contribution < 1.29 is 4.42 Å². The van der Waals surface area contributed by atoms with Gasteiger partial charge < -0.3 is 13.6 Å². The van der Waals surface area contributed by atoms with Crippen LogP contribution in [0.15, 0.2) is 381 Å². The SMILES string of the molecule is c1ccc(-c2nc(-c3cccc(-c4cccc(-c5cccc(-c6nc(-c7ccccc7)nc(-c7ccccc7)n6)c5-n5c6ccccc6c6c(-c7cccc8c7sc7ccccc78)cccc65)c4)c3)nc(-c3cccc(-c4ccccc4)c3-n3c4ccccc4c4c(-c5cccc6c5oc5ccccc56)cccc43)n2)cc1. The van der Waals surface area contributed by atoms with Crippen LogP contribution in [0, 0.1) is 0 Å². The van der Waals surface area contributed by atoms with E-state index in [4.69, 9.17) is 34.3 Å². The average Bonchev–Trinajstić information content (AvgIpc) is 1.54. The number of furan rings is 1. The molecule has 0 amide bonds. The predicted molar refractivity (Wildman–Crippen MR) is 462 cm³/mol. The summed E-state index contributed by atoms with van der Waals surface area (Å²) in [7, 11) is 0. The zero-order valence-electron chi connectivity index (χ0n) is 60.2. The maximum Gasteiger partial charge on any atom is 0.166 e. The third-order valence-electron chi connectivity index (χ3n) is 21.9. The first-order valence-electron chi connectivity index (χ1n) is 37.7. The molecule has 10 heteroatoms. The number of fused-ring (bicyclic) bond motifs is 12. The normalized spacial score (nSPS) is 11.8. The first-order valence-corrected chi connectivity index (χ1v) is 38.5. The van der Waals surface area contributed by atoms with E-state index < -0.39 is 0 Å². The Morgan fingerprint density at radius 3 is 1.13 bits per heavy atom. The summed E-state index contributed by atoms with van der Waals surface area (Å²) in [4.78, 5) is 32.7. The lowest BCUT2D eigenvalue weighted by Crippen LogP contribution is -2.05. The lowest BCUT2D eigenvalue weighted by atomic mass is 9.95. The molecule has 22 rings (SSSR count). The summed E-state index contributed by atoms with van der Waals surface area (Å²) in [6.07, 6.45) is 0. The highest BCUT2D eigenvalue weighted by Crippen LogP contribution is 2.50. The summed E-state index contributed by atoms with van der Waals surface area (Å²) < 4.78 is 14.2. The summed E-state index contributed by atoms with van der Waals surface area (Å²) in [5.74, 6) is 3.33. The highest BCUT2D eigenvalue weighted by molar-refractivity contribution is 7.26. The molecule has 0 aliphatic carbocycles. The van der Waals surface area contributed by atoms with Crippen molar-refractivity contribution in [3.8, 4) is 135 Å². The standard InChI is InChI=1S/C102H62N8OS/c1-5-29-63(30-6-1)71-45-23-53-83(93(71)109-85-55-17-13-43-81(85)91-75(47-27-57-87(91)109)78-50-25-49-77-73-41-15-19-59-89(73)111-95(77)78)102-107-99(66-35-11-4-12-36-66)104-100(108-102)70-40-22-38-68(62-70)67-37-21-39-69(61-67)72-46-24-54-84(101-105-97(64-31-7-2-8-32-64)103-98(106-101)65-33-9-3-10-34-65)94(72)110-86-56-18-14-44-82(86)92-76(48-28-58-88(92)110)80-52-26-51-79-74-42-16-20-60-90(74)112-96(79)80/h1-62H. The van der Waals surface area contributed by atoms with Gasteiger partial charge in [0.15, 0.2) is 34.9 Å². The van der Waals surface area contributed by atoms with Crippen molar-refractivity contribution >= 4 is 97.1 Å². The molecule has 0 unspecified atom stereocenters. The van der Waals surface area contributed by atoms with Crippen molar-refractivity contribution in [3.05, 3.63) is 376 Å². The van der Waals surface area contributed by atoms with Crippen LogP contribution >= 0.6 is 11.3 Å². The minimum Gasteiger partial charge on any atom is -0.455 e. The third-order valence-corrected chi connectivity index (χ3v) is 23.1. The molecule has 0 radical (unpaired) electrons. The van der Waals surface area contributed by atoms with Crippen molar-refractivity contribution in [1.29, 1.82) is 0 Å². The van der Waals surface area contributed by atoms with Crippen LogP contribution in [0.2, 0.25) is 0 Å². The van der Waals surface area contributed by atoms with Crippen molar-refractivity contribution in [2.24, 2.45) is 0 Å². The van der Waals surface area contributed by atoms with E-state index in [-0.39, 0.29) is 0 Å². The molecule has 0 saturated carbocycles. The second-order valence-corrected chi connectivity index (χ2v) is 29.4. The zero-order valence-corrected chi connectivity index (χ0v) is 61.0. The summed E-state index contributed by atoms with van der Waals surface area (Å²) in [5.41, 5.74) is 23.5. The van der Waals surface area contributed by atoms with Gasteiger partial charge in [0.1, 0.15) is 11.2 Å². The second-order valence-electron chi connectivity index (χ2n) is 28.3. The second kappa shape index (κ2) is 26.5. The fraction of sp³-hybridized carbons (Fsp3) is 0. The molecule has 522 valence electrons. The molecule has 0 aliphatic heterocycles. The maximum atomic E-state index is 6.78. The van der Waals surface area contributed by atoms with Crippen LogP contribution in [-0.4, -0.2) is 39.0 Å². The molecule has 0 atom stereocenters. The summed E-state index contributed by atoms with van der Waals surface area (Å²) in [5, 5.41) is 9.20. The Morgan fingerprint density at radius 2 is 0.562 bits per heavy atom. The van der Waals surface area contributed by atoms with Gasteiger partial charge in [0.2, 0.25) is 0 Å². The van der Waals surface area contributed by atoms with E-state index in [1.54, 1.807) is 0 Å². The zero-order chi connectivity index (χ0) is 73.7. The van der Waals surface area contributed by atoms with E-state index >= 15 is 0 Å². The number of benzene rings is 16. The number of rotatable bonds is 13. The van der Waals surface area contributed by atoms with Gasteiger partial charge in [-0.05, 0) is 94.0 Å². The average molecular weight is 1450 g/mol. The van der Waals surface area contributed by atoms with Gasteiger partial charge in [-0.25, -0.2) is 29.9 Å². The number of hydrogen-bond acceptors (Lipinski definition) is 8. The van der Waals surface area contributed by atoms with E-state index in [1.165, 1.54) is 25.7 Å². The Balaban J connectivity index is 0.730. The van der Waals surface area contributed by atoms with E-state index in [0.29, 0.717) is 34.9 Å². The number of para-hydroxylation sites is 6. The topological polar surface area (TPSA) is 100 Å². The fourth-order valence-corrected chi connectivity index (χ4v) is 18.1. The lowest BCUT2D eigenvalue weighted by molar-refractivity contribution is 0.670. The molecule has 0 fully saturated rings. The van der Waals surface area contributed by atoms with E-state index in [1.807, 2.05) is 72.0 Å². The Morgan fingerprint density at radius 1 is 0.214 bits per heavy atom. The third kappa shape index (κ3) is 10.7. The largest absolute Gasteiger partial charge is 0.455 e. The minimum atomic E-state index is 0.532. The number of thiophene rings is 1. The molecule has 0 spiro atoms. The van der Waals surface area contributed by atoms with Gasteiger partial charge in [-0.1, -0.05) is 315 Å². The Bertz CT molecular complexity index is 7450. The summed E-state index contributed by atoms with van der Waals surface area (Å²) in [6, 6.07) is 133. The van der Waals surface area contributed by atoms with Crippen molar-refractivity contribution in [3.63, 3.8) is 0 Å². The molecule has 0 saturated heterocycles. The first-order chi connectivity index (χ1) is 55.6. The monoisotopic (exact) mass is 1450 g/mol. The van der Waals surface area contributed by atoms with Crippen molar-refractivity contribution in [2.75, 3.05) is 0 Å². The van der Waals surface area contributed by atoms with Gasteiger partial charge in [-0.3, -0.25) is 0 Å². The Kier molecular flexibility index (Phi) is 15.2. The fourth-order valence-electron chi connectivity index (χ4n) is 16.9.